The molecule has 2 N–H and O–H groups in total. The first kappa shape index (κ1) is 14.7. The van der Waals surface area contributed by atoms with Crippen molar-refractivity contribution in [3.8, 4) is 0 Å². The Balaban J connectivity index is 1.85. The van der Waals surface area contributed by atoms with E-state index in [0.717, 1.165) is 15.9 Å². The van der Waals surface area contributed by atoms with E-state index in [0.29, 0.717) is 0 Å². The SMILES string of the molecule is C[C@@H](NCC(=O)Nc1ccccc1Br)c1ccccn1. The number of hydrogen-bond donors (Lipinski definition) is 2. The summed E-state index contributed by atoms with van der Waals surface area (Å²) in [6, 6.07) is 13.3. The maximum absolute atomic E-state index is 11.9. The van der Waals surface area contributed by atoms with Crippen LogP contribution in [0, 0.1) is 0 Å². The van der Waals surface area contributed by atoms with Crippen LogP contribution in [0.5, 0.6) is 0 Å². The molecule has 2 rings (SSSR count). The number of hydrogen-bond acceptors (Lipinski definition) is 3. The summed E-state index contributed by atoms with van der Waals surface area (Å²) in [5.41, 5.74) is 1.69. The summed E-state index contributed by atoms with van der Waals surface area (Å²) in [4.78, 5) is 16.1. The standard InChI is InChI=1S/C15H16BrN3O/c1-11(13-7-4-5-9-17-13)18-10-15(20)19-14-8-3-2-6-12(14)16/h2-9,11,18H,10H2,1H3,(H,19,20)/t11-/m1/s1. The minimum Gasteiger partial charge on any atom is -0.324 e. The molecule has 0 radical (unpaired) electrons. The van der Waals surface area contributed by atoms with E-state index < -0.39 is 0 Å². The molecule has 4 nitrogen and oxygen atoms in total. The largest absolute Gasteiger partial charge is 0.324 e. The fourth-order valence-electron chi connectivity index (χ4n) is 1.74. The highest BCUT2D eigenvalue weighted by Gasteiger charge is 2.09. The molecular formula is C15H16BrN3O. The van der Waals surface area contributed by atoms with Gasteiger partial charge in [0.25, 0.3) is 0 Å². The molecule has 0 unspecified atom stereocenters. The third-order valence-corrected chi connectivity index (χ3v) is 3.54. The second-order valence-corrected chi connectivity index (χ2v) is 5.24. The van der Waals surface area contributed by atoms with Crippen LogP contribution in [0.15, 0.2) is 53.1 Å². The summed E-state index contributed by atoms with van der Waals surface area (Å²) in [5, 5.41) is 6.00. The highest BCUT2D eigenvalue weighted by Crippen LogP contribution is 2.20. The lowest BCUT2D eigenvalue weighted by Crippen LogP contribution is -2.30. The number of anilines is 1. The summed E-state index contributed by atoms with van der Waals surface area (Å²) < 4.78 is 0.867. The zero-order valence-electron chi connectivity index (χ0n) is 11.1. The van der Waals surface area contributed by atoms with E-state index in [-0.39, 0.29) is 18.5 Å². The molecule has 1 aromatic heterocycles. The molecular weight excluding hydrogens is 318 g/mol. The van der Waals surface area contributed by atoms with Crippen molar-refractivity contribution >= 4 is 27.5 Å². The van der Waals surface area contributed by atoms with Crippen LogP contribution < -0.4 is 10.6 Å². The fraction of sp³-hybridized carbons (Fsp3) is 0.200. The van der Waals surface area contributed by atoms with Gasteiger partial charge in [-0.15, -0.1) is 0 Å². The van der Waals surface area contributed by atoms with Crippen molar-refractivity contribution in [2.75, 3.05) is 11.9 Å². The van der Waals surface area contributed by atoms with Gasteiger partial charge in [0.15, 0.2) is 0 Å². The van der Waals surface area contributed by atoms with Gasteiger partial charge in [-0.2, -0.15) is 0 Å². The third kappa shape index (κ3) is 4.15. The van der Waals surface area contributed by atoms with Gasteiger partial charge in [0.1, 0.15) is 0 Å². The van der Waals surface area contributed by atoms with Gasteiger partial charge in [0, 0.05) is 16.7 Å². The third-order valence-electron chi connectivity index (χ3n) is 2.85. The number of carbonyl (C=O) groups excluding carboxylic acids is 1. The molecule has 0 saturated carbocycles. The average molecular weight is 334 g/mol. The van der Waals surface area contributed by atoms with Crippen LogP contribution in [0.3, 0.4) is 0 Å². The Bertz CT molecular complexity index is 574. The summed E-state index contributed by atoms with van der Waals surface area (Å²) >= 11 is 3.40. The number of nitrogens with zero attached hydrogens (tertiary/aromatic N) is 1. The summed E-state index contributed by atoms with van der Waals surface area (Å²) in [5.74, 6) is -0.0836. The van der Waals surface area contributed by atoms with Gasteiger partial charge in [0.05, 0.1) is 17.9 Å². The predicted octanol–water partition coefficient (Wildman–Crippen LogP) is 3.13. The molecule has 1 heterocycles. The molecule has 1 aromatic carbocycles. The Morgan fingerprint density at radius 1 is 1.25 bits per heavy atom. The summed E-state index contributed by atoms with van der Waals surface area (Å²) in [6.45, 7) is 2.22. The monoisotopic (exact) mass is 333 g/mol. The van der Waals surface area contributed by atoms with Crippen molar-refractivity contribution in [2.45, 2.75) is 13.0 Å². The van der Waals surface area contributed by atoms with Crippen LogP contribution in [-0.4, -0.2) is 17.4 Å². The zero-order chi connectivity index (χ0) is 14.4. The van der Waals surface area contributed by atoms with E-state index in [4.69, 9.17) is 0 Å². The van der Waals surface area contributed by atoms with Crippen LogP contribution in [0.4, 0.5) is 5.69 Å². The Kier molecular flexibility index (Phi) is 5.26. The first-order valence-electron chi connectivity index (χ1n) is 6.35. The number of pyridine rings is 1. The molecule has 0 spiro atoms. The molecule has 5 heteroatoms. The van der Waals surface area contributed by atoms with Gasteiger partial charge in [0.2, 0.25) is 5.91 Å². The molecule has 0 aliphatic heterocycles. The Morgan fingerprint density at radius 2 is 2.00 bits per heavy atom. The molecule has 104 valence electrons. The Morgan fingerprint density at radius 3 is 2.70 bits per heavy atom. The van der Waals surface area contributed by atoms with Crippen molar-refractivity contribution in [3.63, 3.8) is 0 Å². The highest BCUT2D eigenvalue weighted by molar-refractivity contribution is 9.10. The van der Waals surface area contributed by atoms with E-state index in [1.165, 1.54) is 0 Å². The van der Waals surface area contributed by atoms with E-state index in [1.807, 2.05) is 49.4 Å². The van der Waals surface area contributed by atoms with Crippen molar-refractivity contribution in [1.82, 2.24) is 10.3 Å². The highest BCUT2D eigenvalue weighted by atomic mass is 79.9. The first-order chi connectivity index (χ1) is 9.66. The topological polar surface area (TPSA) is 54.0 Å². The van der Waals surface area contributed by atoms with Crippen LogP contribution in [0.25, 0.3) is 0 Å². The number of nitrogens with one attached hydrogen (secondary N) is 2. The molecule has 20 heavy (non-hydrogen) atoms. The number of rotatable bonds is 5. The van der Waals surface area contributed by atoms with Gasteiger partial charge >= 0.3 is 0 Å². The Labute approximate surface area is 126 Å². The van der Waals surface area contributed by atoms with Crippen LogP contribution in [0.1, 0.15) is 18.7 Å². The number of carbonyl (C=O) groups is 1. The van der Waals surface area contributed by atoms with E-state index >= 15 is 0 Å². The van der Waals surface area contributed by atoms with Gasteiger partial charge < -0.3 is 10.6 Å². The number of halogens is 1. The molecule has 0 aliphatic rings. The number of amides is 1. The second-order valence-electron chi connectivity index (χ2n) is 4.39. The zero-order valence-corrected chi connectivity index (χ0v) is 12.7. The van der Waals surface area contributed by atoms with Crippen LogP contribution >= 0.6 is 15.9 Å². The Hall–Kier alpha value is -1.72. The molecule has 0 bridgehead atoms. The molecule has 0 saturated heterocycles. The lowest BCUT2D eigenvalue weighted by atomic mass is 10.2. The van der Waals surface area contributed by atoms with Gasteiger partial charge in [-0.3, -0.25) is 9.78 Å². The quantitative estimate of drug-likeness (QED) is 0.883. The van der Waals surface area contributed by atoms with Crippen molar-refractivity contribution in [3.05, 3.63) is 58.8 Å². The minimum atomic E-state index is -0.0836. The van der Waals surface area contributed by atoms with Crippen LogP contribution in [-0.2, 0) is 4.79 Å². The van der Waals surface area contributed by atoms with E-state index in [2.05, 4.69) is 31.5 Å². The number of benzene rings is 1. The second kappa shape index (κ2) is 7.17. The average Bonchev–Trinajstić information content (AvgIpc) is 2.48. The number of aromatic nitrogens is 1. The maximum Gasteiger partial charge on any atom is 0.238 e. The fourth-order valence-corrected chi connectivity index (χ4v) is 2.12. The maximum atomic E-state index is 11.9. The molecule has 2 aromatic rings. The number of para-hydroxylation sites is 1. The first-order valence-corrected chi connectivity index (χ1v) is 7.15. The molecule has 1 atom stereocenters. The predicted molar refractivity (Wildman–Crippen MR) is 83.4 cm³/mol. The lowest BCUT2D eigenvalue weighted by Gasteiger charge is -2.13. The molecule has 0 aliphatic carbocycles. The van der Waals surface area contributed by atoms with Crippen LogP contribution in [0.2, 0.25) is 0 Å². The smallest absolute Gasteiger partial charge is 0.238 e. The summed E-state index contributed by atoms with van der Waals surface area (Å²) in [6.07, 6.45) is 1.74. The normalized spacial score (nSPS) is 11.9. The summed E-state index contributed by atoms with van der Waals surface area (Å²) in [7, 11) is 0. The van der Waals surface area contributed by atoms with Gasteiger partial charge in [-0.1, -0.05) is 18.2 Å². The molecule has 1 amide bonds. The van der Waals surface area contributed by atoms with Crippen molar-refractivity contribution < 1.29 is 4.79 Å². The van der Waals surface area contributed by atoms with Crippen molar-refractivity contribution in [1.29, 1.82) is 0 Å². The van der Waals surface area contributed by atoms with Gasteiger partial charge in [-0.05, 0) is 47.1 Å². The van der Waals surface area contributed by atoms with Gasteiger partial charge in [-0.25, -0.2) is 0 Å². The van der Waals surface area contributed by atoms with Crippen molar-refractivity contribution in [2.24, 2.45) is 0 Å². The lowest BCUT2D eigenvalue weighted by molar-refractivity contribution is -0.115. The minimum absolute atomic E-state index is 0.0289. The van der Waals surface area contributed by atoms with E-state index in [1.54, 1.807) is 6.20 Å². The van der Waals surface area contributed by atoms with E-state index in [9.17, 15) is 4.79 Å². The molecule has 0 fully saturated rings.